The van der Waals surface area contributed by atoms with Gasteiger partial charge in [0.1, 0.15) is 0 Å². The van der Waals surface area contributed by atoms with Crippen molar-refractivity contribution in [2.45, 2.75) is 43.5 Å². The van der Waals surface area contributed by atoms with Crippen LogP contribution in [0.3, 0.4) is 0 Å². The summed E-state index contributed by atoms with van der Waals surface area (Å²) in [6.45, 7) is 0. The number of halogens is 9. The predicted octanol–water partition coefficient (Wildman–Crippen LogP) is 7.23. The molecule has 3 rings (SSSR count). The van der Waals surface area contributed by atoms with Crippen LogP contribution in [0, 0.1) is 0 Å². The van der Waals surface area contributed by atoms with Crippen molar-refractivity contribution in [3.05, 3.63) is 48.0 Å². The first-order chi connectivity index (χ1) is 12.3. The van der Waals surface area contributed by atoms with Crippen molar-refractivity contribution in [3.8, 4) is 0 Å². The van der Waals surface area contributed by atoms with E-state index < -0.39 is 34.4 Å². The molecule has 1 aliphatic rings. The largest absolute Gasteiger partial charge is 0.460 e. The summed E-state index contributed by atoms with van der Waals surface area (Å²) in [5.74, 6) is -19.4. The van der Waals surface area contributed by atoms with Crippen LogP contribution >= 0.6 is 23.5 Å². The maximum absolute atomic E-state index is 14.4. The standard InChI is InChI=1S/C16H7F9S2/c17-13(18,14(19,20)15(21,22)16(23,24)25)8-4-3-7-11-12(8)27-10-6-2-1-5-9(10)26-11/h1-7H. The van der Waals surface area contributed by atoms with Gasteiger partial charge in [0.05, 0.1) is 0 Å². The Morgan fingerprint density at radius 2 is 1.07 bits per heavy atom. The minimum absolute atomic E-state index is 0.0574. The number of rotatable bonds is 3. The molecule has 1 aliphatic heterocycles. The molecule has 0 saturated carbocycles. The smallest absolute Gasteiger partial charge is 0.194 e. The van der Waals surface area contributed by atoms with Gasteiger partial charge in [0.2, 0.25) is 0 Å². The van der Waals surface area contributed by atoms with Gasteiger partial charge in [0.25, 0.3) is 0 Å². The van der Waals surface area contributed by atoms with E-state index in [2.05, 4.69) is 0 Å². The summed E-state index contributed by atoms with van der Waals surface area (Å²) < 4.78 is 120. The summed E-state index contributed by atoms with van der Waals surface area (Å²) in [5.41, 5.74) is -1.58. The first kappa shape index (κ1) is 20.2. The van der Waals surface area contributed by atoms with Crippen LogP contribution in [0.1, 0.15) is 5.56 Å². The molecular formula is C16H7F9S2. The summed E-state index contributed by atoms with van der Waals surface area (Å²) in [7, 11) is 0. The van der Waals surface area contributed by atoms with Gasteiger partial charge in [0.15, 0.2) is 0 Å². The molecule has 2 aromatic carbocycles. The summed E-state index contributed by atoms with van der Waals surface area (Å²) in [6.07, 6.45) is -6.84. The van der Waals surface area contributed by atoms with E-state index in [9.17, 15) is 39.5 Å². The summed E-state index contributed by atoms with van der Waals surface area (Å²) in [4.78, 5) is 0.581. The van der Waals surface area contributed by atoms with Crippen molar-refractivity contribution in [1.82, 2.24) is 0 Å². The average molecular weight is 434 g/mol. The van der Waals surface area contributed by atoms with Gasteiger partial charge in [-0.3, -0.25) is 0 Å². The van der Waals surface area contributed by atoms with Gasteiger partial charge in [-0.05, 0) is 18.2 Å². The molecule has 0 radical (unpaired) electrons. The quantitative estimate of drug-likeness (QED) is 0.399. The molecule has 0 bridgehead atoms. The summed E-state index contributed by atoms with van der Waals surface area (Å²) in [6, 6.07) is 8.95. The lowest BCUT2D eigenvalue weighted by atomic mass is 9.96. The van der Waals surface area contributed by atoms with Gasteiger partial charge in [-0.25, -0.2) is 0 Å². The highest BCUT2D eigenvalue weighted by Crippen LogP contribution is 2.60. The van der Waals surface area contributed by atoms with E-state index in [0.29, 0.717) is 27.6 Å². The Morgan fingerprint density at radius 3 is 1.63 bits per heavy atom. The van der Waals surface area contributed by atoms with Crippen molar-refractivity contribution in [1.29, 1.82) is 0 Å². The average Bonchev–Trinajstić information content (AvgIpc) is 2.58. The van der Waals surface area contributed by atoms with Crippen molar-refractivity contribution >= 4 is 23.5 Å². The predicted molar refractivity (Wildman–Crippen MR) is 81.0 cm³/mol. The van der Waals surface area contributed by atoms with E-state index >= 15 is 0 Å². The normalized spacial score (nSPS) is 15.3. The van der Waals surface area contributed by atoms with Crippen molar-refractivity contribution in [2.75, 3.05) is 0 Å². The lowest BCUT2D eigenvalue weighted by Gasteiger charge is -2.35. The van der Waals surface area contributed by atoms with Crippen LogP contribution in [-0.4, -0.2) is 18.0 Å². The van der Waals surface area contributed by atoms with E-state index in [1.807, 2.05) is 0 Å². The third-order valence-corrected chi connectivity index (χ3v) is 6.36. The Hall–Kier alpha value is -1.49. The first-order valence-electron chi connectivity index (χ1n) is 7.09. The number of benzene rings is 2. The van der Waals surface area contributed by atoms with Crippen LogP contribution in [-0.2, 0) is 5.92 Å². The zero-order valence-electron chi connectivity index (χ0n) is 12.8. The minimum Gasteiger partial charge on any atom is -0.194 e. The van der Waals surface area contributed by atoms with Crippen LogP contribution in [0.15, 0.2) is 62.0 Å². The van der Waals surface area contributed by atoms with Crippen molar-refractivity contribution in [3.63, 3.8) is 0 Å². The van der Waals surface area contributed by atoms with Gasteiger partial charge in [-0.1, -0.05) is 47.8 Å². The zero-order valence-corrected chi connectivity index (χ0v) is 14.4. The number of hydrogen-bond acceptors (Lipinski definition) is 2. The van der Waals surface area contributed by atoms with Crippen LogP contribution in [0.5, 0.6) is 0 Å². The molecule has 0 unspecified atom stereocenters. The van der Waals surface area contributed by atoms with Crippen LogP contribution in [0.2, 0.25) is 0 Å². The van der Waals surface area contributed by atoms with Crippen LogP contribution in [0.4, 0.5) is 39.5 Å². The second-order valence-electron chi connectivity index (χ2n) is 5.50. The maximum atomic E-state index is 14.4. The Morgan fingerprint density at radius 1 is 0.556 bits per heavy atom. The second-order valence-corrected chi connectivity index (χ2v) is 7.64. The third kappa shape index (κ3) is 2.98. The first-order valence-corrected chi connectivity index (χ1v) is 8.72. The number of hydrogen-bond donors (Lipinski definition) is 0. The number of alkyl halides is 9. The fraction of sp³-hybridized carbons (Fsp3) is 0.250. The Bertz CT molecular complexity index is 874. The van der Waals surface area contributed by atoms with Gasteiger partial charge in [0, 0.05) is 25.1 Å². The molecule has 0 aromatic heterocycles. The molecule has 27 heavy (non-hydrogen) atoms. The van der Waals surface area contributed by atoms with Crippen LogP contribution < -0.4 is 0 Å². The molecule has 0 atom stereocenters. The fourth-order valence-electron chi connectivity index (χ4n) is 2.34. The van der Waals surface area contributed by atoms with Crippen molar-refractivity contribution in [2.24, 2.45) is 0 Å². The monoisotopic (exact) mass is 434 g/mol. The van der Waals surface area contributed by atoms with Gasteiger partial charge in [-0.2, -0.15) is 39.5 Å². The highest BCUT2D eigenvalue weighted by molar-refractivity contribution is 8.05. The molecule has 0 N–H and O–H groups in total. The molecule has 146 valence electrons. The van der Waals surface area contributed by atoms with E-state index in [1.54, 1.807) is 18.2 Å². The van der Waals surface area contributed by atoms with E-state index in [1.165, 1.54) is 12.1 Å². The molecule has 0 saturated heterocycles. The van der Waals surface area contributed by atoms with Crippen molar-refractivity contribution < 1.29 is 39.5 Å². The summed E-state index contributed by atoms with van der Waals surface area (Å²) >= 11 is 1.54. The Balaban J connectivity index is 2.13. The lowest BCUT2D eigenvalue weighted by Crippen LogP contribution is -2.59. The lowest BCUT2D eigenvalue weighted by molar-refractivity contribution is -0.400. The highest BCUT2D eigenvalue weighted by atomic mass is 32.2. The molecule has 0 aliphatic carbocycles. The molecule has 2 aromatic rings. The fourth-order valence-corrected chi connectivity index (χ4v) is 4.75. The van der Waals surface area contributed by atoms with Gasteiger partial charge in [-0.15, -0.1) is 0 Å². The van der Waals surface area contributed by atoms with Crippen LogP contribution in [0.25, 0.3) is 0 Å². The second kappa shape index (κ2) is 6.26. The van der Waals surface area contributed by atoms with E-state index in [0.717, 1.165) is 17.8 Å². The summed E-state index contributed by atoms with van der Waals surface area (Å²) in [5, 5.41) is 0. The van der Waals surface area contributed by atoms with E-state index in [-0.39, 0.29) is 4.90 Å². The number of fused-ring (bicyclic) bond motifs is 2. The molecule has 0 amide bonds. The zero-order chi connectivity index (χ0) is 20.3. The Kier molecular flexibility index (Phi) is 4.70. The highest BCUT2D eigenvalue weighted by Gasteiger charge is 2.82. The topological polar surface area (TPSA) is 0 Å². The van der Waals surface area contributed by atoms with Gasteiger partial charge >= 0.3 is 23.9 Å². The SMILES string of the molecule is FC(F)(F)C(F)(F)C(F)(F)C(F)(F)c1cccc2c1Sc1ccccc1S2. The van der Waals surface area contributed by atoms with Gasteiger partial charge < -0.3 is 0 Å². The minimum atomic E-state index is -6.92. The molecule has 11 heteroatoms. The molecule has 0 fully saturated rings. The maximum Gasteiger partial charge on any atom is 0.460 e. The molecule has 0 spiro atoms. The Labute approximate surface area is 155 Å². The molecule has 0 nitrogen and oxygen atoms in total. The molecule has 1 heterocycles. The third-order valence-electron chi connectivity index (χ3n) is 3.74. The van der Waals surface area contributed by atoms with E-state index in [4.69, 9.17) is 0 Å². The molecular weight excluding hydrogens is 427 g/mol.